The highest BCUT2D eigenvalue weighted by atomic mass is 79.9. The number of hydrogen-bond acceptors (Lipinski definition) is 3. The van der Waals surface area contributed by atoms with Crippen molar-refractivity contribution in [1.29, 1.82) is 0 Å². The zero-order valence-electron chi connectivity index (χ0n) is 10.2. The van der Waals surface area contributed by atoms with Crippen molar-refractivity contribution in [1.82, 2.24) is 0 Å². The van der Waals surface area contributed by atoms with Gasteiger partial charge in [-0.15, -0.1) is 0 Å². The summed E-state index contributed by atoms with van der Waals surface area (Å²) in [5.74, 6) is 0.358. The minimum atomic E-state index is -0.964. The van der Waals surface area contributed by atoms with Crippen molar-refractivity contribution in [3.63, 3.8) is 0 Å². The molecule has 1 aromatic carbocycles. The predicted octanol–water partition coefficient (Wildman–Crippen LogP) is 2.12. The van der Waals surface area contributed by atoms with E-state index in [9.17, 15) is 9.00 Å². The lowest BCUT2D eigenvalue weighted by Crippen LogP contribution is -2.38. The number of anilines is 1. The van der Waals surface area contributed by atoms with Crippen LogP contribution in [0.2, 0.25) is 0 Å². The first-order valence-electron chi connectivity index (χ1n) is 5.87. The van der Waals surface area contributed by atoms with Crippen LogP contribution >= 0.6 is 15.9 Å². The van der Waals surface area contributed by atoms with Crippen LogP contribution in [0.5, 0.6) is 0 Å². The summed E-state index contributed by atoms with van der Waals surface area (Å²) in [6.45, 7) is 1.47. The van der Waals surface area contributed by atoms with Gasteiger partial charge in [-0.1, -0.05) is 22.0 Å². The SMILES string of the molecule is O=C(O)/C=C/c1ccc(Br)cc1N1CCS(=O)CC1. The zero-order chi connectivity index (χ0) is 13.8. The summed E-state index contributed by atoms with van der Waals surface area (Å²) >= 11 is 3.43. The van der Waals surface area contributed by atoms with E-state index in [1.54, 1.807) is 6.08 Å². The Morgan fingerprint density at radius 1 is 1.37 bits per heavy atom. The Hall–Kier alpha value is -1.14. The molecule has 0 saturated carbocycles. The van der Waals surface area contributed by atoms with Gasteiger partial charge in [-0.3, -0.25) is 4.21 Å². The van der Waals surface area contributed by atoms with Crippen LogP contribution in [0, 0.1) is 0 Å². The maximum Gasteiger partial charge on any atom is 0.328 e. The average Bonchev–Trinajstić information content (AvgIpc) is 2.38. The Morgan fingerprint density at radius 3 is 2.68 bits per heavy atom. The molecule has 0 unspecified atom stereocenters. The summed E-state index contributed by atoms with van der Waals surface area (Å²) in [4.78, 5) is 12.8. The van der Waals surface area contributed by atoms with Crippen molar-refractivity contribution in [2.75, 3.05) is 29.5 Å². The third-order valence-corrected chi connectivity index (χ3v) is 4.69. The molecular weight excluding hydrogens is 330 g/mol. The topological polar surface area (TPSA) is 57.6 Å². The fourth-order valence-corrected chi connectivity index (χ4v) is 3.37. The van der Waals surface area contributed by atoms with Gasteiger partial charge < -0.3 is 10.0 Å². The van der Waals surface area contributed by atoms with Gasteiger partial charge in [0, 0.05) is 51.6 Å². The average molecular weight is 344 g/mol. The Labute approximate surface area is 122 Å². The van der Waals surface area contributed by atoms with Crippen LogP contribution in [0.3, 0.4) is 0 Å². The predicted molar refractivity (Wildman–Crippen MR) is 80.9 cm³/mol. The van der Waals surface area contributed by atoms with Gasteiger partial charge >= 0.3 is 5.97 Å². The number of halogens is 1. The number of rotatable bonds is 3. The smallest absolute Gasteiger partial charge is 0.328 e. The highest BCUT2D eigenvalue weighted by Gasteiger charge is 2.17. The van der Waals surface area contributed by atoms with Crippen LogP contribution in [0.15, 0.2) is 28.7 Å². The van der Waals surface area contributed by atoms with E-state index in [-0.39, 0.29) is 0 Å². The number of aliphatic carboxylic acids is 1. The number of nitrogens with zero attached hydrogens (tertiary/aromatic N) is 1. The molecule has 19 heavy (non-hydrogen) atoms. The molecule has 1 aliphatic heterocycles. The second-order valence-electron chi connectivity index (χ2n) is 4.21. The Morgan fingerprint density at radius 2 is 2.05 bits per heavy atom. The lowest BCUT2D eigenvalue weighted by atomic mass is 10.1. The third kappa shape index (κ3) is 3.91. The number of hydrogen-bond donors (Lipinski definition) is 1. The Bertz CT molecular complexity index is 535. The fourth-order valence-electron chi connectivity index (χ4n) is 1.97. The molecule has 0 atom stereocenters. The zero-order valence-corrected chi connectivity index (χ0v) is 12.6. The second kappa shape index (κ2) is 6.34. The van der Waals surface area contributed by atoms with E-state index in [0.717, 1.165) is 34.9 Å². The van der Waals surface area contributed by atoms with E-state index in [4.69, 9.17) is 5.11 Å². The molecule has 0 aromatic heterocycles. The molecule has 0 aliphatic carbocycles. The molecule has 1 aromatic rings. The molecule has 1 fully saturated rings. The van der Waals surface area contributed by atoms with E-state index in [2.05, 4.69) is 20.8 Å². The molecule has 2 rings (SSSR count). The Balaban J connectivity index is 2.29. The molecule has 0 radical (unpaired) electrons. The van der Waals surface area contributed by atoms with Crippen molar-refractivity contribution in [2.24, 2.45) is 0 Å². The van der Waals surface area contributed by atoms with Crippen LogP contribution in [-0.4, -0.2) is 39.9 Å². The fraction of sp³-hybridized carbons (Fsp3) is 0.308. The van der Waals surface area contributed by atoms with Crippen molar-refractivity contribution in [3.8, 4) is 0 Å². The summed E-state index contributed by atoms with van der Waals surface area (Å²) in [6.07, 6.45) is 2.73. The first-order chi connectivity index (χ1) is 9.06. The lowest BCUT2D eigenvalue weighted by Gasteiger charge is -2.30. The maximum absolute atomic E-state index is 11.4. The molecule has 6 heteroatoms. The summed E-state index contributed by atoms with van der Waals surface area (Å²) in [7, 11) is -0.723. The largest absolute Gasteiger partial charge is 0.478 e. The van der Waals surface area contributed by atoms with Crippen LogP contribution in [0.4, 0.5) is 5.69 Å². The van der Waals surface area contributed by atoms with E-state index >= 15 is 0 Å². The number of carbonyl (C=O) groups is 1. The van der Waals surface area contributed by atoms with Gasteiger partial charge in [0.25, 0.3) is 0 Å². The van der Waals surface area contributed by atoms with Gasteiger partial charge in [-0.25, -0.2) is 4.79 Å². The molecule has 1 saturated heterocycles. The first kappa shape index (κ1) is 14.3. The third-order valence-electron chi connectivity index (χ3n) is 2.92. The Kier molecular flexibility index (Phi) is 4.76. The van der Waals surface area contributed by atoms with Gasteiger partial charge in [0.05, 0.1) is 0 Å². The molecule has 0 amide bonds. The molecule has 0 spiro atoms. The van der Waals surface area contributed by atoms with E-state index in [1.165, 1.54) is 0 Å². The normalized spacial score (nSPS) is 17.0. The molecule has 4 nitrogen and oxygen atoms in total. The molecule has 1 heterocycles. The van der Waals surface area contributed by atoms with Gasteiger partial charge in [-0.05, 0) is 23.8 Å². The van der Waals surface area contributed by atoms with Gasteiger partial charge in [0.1, 0.15) is 0 Å². The number of benzene rings is 1. The quantitative estimate of drug-likeness (QED) is 0.854. The van der Waals surface area contributed by atoms with Gasteiger partial charge in [-0.2, -0.15) is 0 Å². The summed E-state index contributed by atoms with van der Waals surface area (Å²) in [6, 6.07) is 5.73. The standard InChI is InChI=1S/C13H14BrNO3S/c14-11-3-1-10(2-4-13(16)17)12(9-11)15-5-7-19(18)8-6-15/h1-4,9H,5-8H2,(H,16,17)/b4-2+. The minimum absolute atomic E-state index is 0.661. The molecule has 1 N–H and O–H groups in total. The van der Waals surface area contributed by atoms with Crippen molar-refractivity contribution >= 4 is 44.5 Å². The highest BCUT2D eigenvalue weighted by Crippen LogP contribution is 2.27. The summed E-state index contributed by atoms with van der Waals surface area (Å²) < 4.78 is 12.3. The van der Waals surface area contributed by atoms with Crippen LogP contribution in [0.25, 0.3) is 6.08 Å². The van der Waals surface area contributed by atoms with E-state index < -0.39 is 16.8 Å². The monoisotopic (exact) mass is 343 g/mol. The minimum Gasteiger partial charge on any atom is -0.478 e. The van der Waals surface area contributed by atoms with Crippen molar-refractivity contribution in [3.05, 3.63) is 34.3 Å². The number of carboxylic acids is 1. The first-order valence-corrected chi connectivity index (χ1v) is 8.15. The van der Waals surface area contributed by atoms with Crippen molar-refractivity contribution in [2.45, 2.75) is 0 Å². The number of carboxylic acid groups (broad SMARTS) is 1. The summed E-state index contributed by atoms with van der Waals surface area (Å²) in [5, 5.41) is 8.72. The van der Waals surface area contributed by atoms with Crippen LogP contribution < -0.4 is 4.90 Å². The second-order valence-corrected chi connectivity index (χ2v) is 6.82. The van der Waals surface area contributed by atoms with E-state index in [1.807, 2.05) is 18.2 Å². The van der Waals surface area contributed by atoms with Gasteiger partial charge in [0.15, 0.2) is 0 Å². The molecular formula is C13H14BrNO3S. The molecule has 102 valence electrons. The van der Waals surface area contributed by atoms with Crippen LogP contribution in [-0.2, 0) is 15.6 Å². The summed E-state index contributed by atoms with van der Waals surface area (Å²) in [5.41, 5.74) is 1.84. The molecule has 0 bridgehead atoms. The van der Waals surface area contributed by atoms with Gasteiger partial charge in [0.2, 0.25) is 0 Å². The maximum atomic E-state index is 11.4. The lowest BCUT2D eigenvalue weighted by molar-refractivity contribution is -0.131. The van der Waals surface area contributed by atoms with E-state index in [0.29, 0.717) is 11.5 Å². The van der Waals surface area contributed by atoms with Crippen LogP contribution in [0.1, 0.15) is 5.56 Å². The molecule has 1 aliphatic rings. The highest BCUT2D eigenvalue weighted by molar-refractivity contribution is 9.10. The van der Waals surface area contributed by atoms with Crippen molar-refractivity contribution < 1.29 is 14.1 Å².